The molecule has 5 heteroatoms. The van der Waals surface area contributed by atoms with Crippen LogP contribution in [0.25, 0.3) is 11.3 Å². The molecular formula is C14H16N2O3. The lowest BCUT2D eigenvalue weighted by Crippen LogP contribution is -2.00. The number of hydrogen-bond acceptors (Lipinski definition) is 5. The van der Waals surface area contributed by atoms with Gasteiger partial charge in [0.2, 0.25) is 0 Å². The van der Waals surface area contributed by atoms with Crippen molar-refractivity contribution in [3.05, 3.63) is 36.3 Å². The highest BCUT2D eigenvalue weighted by Gasteiger charge is 2.09. The summed E-state index contributed by atoms with van der Waals surface area (Å²) in [6.07, 6.45) is 2.11. The van der Waals surface area contributed by atoms with E-state index < -0.39 is 0 Å². The predicted molar refractivity (Wildman–Crippen MR) is 71.4 cm³/mol. The van der Waals surface area contributed by atoms with Crippen LogP contribution in [0.1, 0.15) is 5.82 Å². The van der Waals surface area contributed by atoms with E-state index in [-0.39, 0.29) is 6.61 Å². The number of benzene rings is 1. The van der Waals surface area contributed by atoms with Crippen LogP contribution in [0.4, 0.5) is 0 Å². The third-order valence-electron chi connectivity index (χ3n) is 2.73. The van der Waals surface area contributed by atoms with Gasteiger partial charge in [-0.05, 0) is 18.2 Å². The van der Waals surface area contributed by atoms with Crippen molar-refractivity contribution < 1.29 is 14.6 Å². The molecule has 5 nitrogen and oxygen atoms in total. The van der Waals surface area contributed by atoms with Crippen molar-refractivity contribution in [1.29, 1.82) is 0 Å². The number of aromatic nitrogens is 2. The summed E-state index contributed by atoms with van der Waals surface area (Å²) in [5, 5.41) is 8.93. The Hall–Kier alpha value is -2.14. The molecule has 1 aromatic heterocycles. The van der Waals surface area contributed by atoms with Crippen LogP contribution in [0.5, 0.6) is 11.5 Å². The summed E-state index contributed by atoms with van der Waals surface area (Å²) >= 11 is 0. The second-order valence-corrected chi connectivity index (χ2v) is 3.90. The lowest BCUT2D eigenvalue weighted by Gasteiger charge is -2.10. The minimum Gasteiger partial charge on any atom is -0.497 e. The fourth-order valence-corrected chi connectivity index (χ4v) is 1.78. The average Bonchev–Trinajstić information content (AvgIpc) is 2.47. The zero-order valence-electron chi connectivity index (χ0n) is 11.0. The maximum atomic E-state index is 8.93. The van der Waals surface area contributed by atoms with Crippen molar-refractivity contribution in [3.8, 4) is 22.8 Å². The fraction of sp³-hybridized carbons (Fsp3) is 0.286. The average molecular weight is 260 g/mol. The maximum Gasteiger partial charge on any atom is 0.131 e. The van der Waals surface area contributed by atoms with E-state index in [1.165, 1.54) is 0 Å². The molecule has 2 aromatic rings. The van der Waals surface area contributed by atoms with Crippen LogP contribution < -0.4 is 9.47 Å². The van der Waals surface area contributed by atoms with Crippen LogP contribution >= 0.6 is 0 Å². The first-order valence-corrected chi connectivity index (χ1v) is 5.93. The van der Waals surface area contributed by atoms with Crippen molar-refractivity contribution in [2.24, 2.45) is 0 Å². The molecule has 0 aliphatic rings. The van der Waals surface area contributed by atoms with Gasteiger partial charge in [-0.1, -0.05) is 0 Å². The van der Waals surface area contributed by atoms with Crippen LogP contribution in [0, 0.1) is 0 Å². The number of rotatable bonds is 5. The molecule has 2 rings (SSSR count). The van der Waals surface area contributed by atoms with Gasteiger partial charge in [-0.15, -0.1) is 0 Å². The van der Waals surface area contributed by atoms with E-state index in [4.69, 9.17) is 14.6 Å². The number of ether oxygens (including phenoxy) is 2. The van der Waals surface area contributed by atoms with Crippen LogP contribution in [0.3, 0.4) is 0 Å². The molecule has 0 radical (unpaired) electrons. The molecule has 0 bridgehead atoms. The lowest BCUT2D eigenvalue weighted by molar-refractivity contribution is 0.296. The molecule has 0 fully saturated rings. The summed E-state index contributed by atoms with van der Waals surface area (Å²) in [7, 11) is 3.21. The standard InChI is InChI=1S/C14H16N2O3/c1-18-10-3-4-11(13(9-10)19-2)12-5-7-15-14(16-12)6-8-17/h3-5,7,9,17H,6,8H2,1-2H3. The molecule has 0 atom stereocenters. The second-order valence-electron chi connectivity index (χ2n) is 3.90. The highest BCUT2D eigenvalue weighted by Crippen LogP contribution is 2.31. The van der Waals surface area contributed by atoms with Crippen LogP contribution in [0.15, 0.2) is 30.5 Å². The lowest BCUT2D eigenvalue weighted by atomic mass is 10.1. The maximum absolute atomic E-state index is 8.93. The molecule has 0 aliphatic carbocycles. The fourth-order valence-electron chi connectivity index (χ4n) is 1.78. The van der Waals surface area contributed by atoms with Gasteiger partial charge in [0.1, 0.15) is 17.3 Å². The first kappa shape index (κ1) is 13.3. The summed E-state index contributed by atoms with van der Waals surface area (Å²) in [5.74, 6) is 2.02. The van der Waals surface area contributed by atoms with Crippen molar-refractivity contribution in [3.63, 3.8) is 0 Å². The zero-order valence-corrected chi connectivity index (χ0v) is 11.0. The Balaban J connectivity index is 2.43. The highest BCUT2D eigenvalue weighted by molar-refractivity contribution is 5.68. The van der Waals surface area contributed by atoms with Crippen LogP contribution in [-0.4, -0.2) is 35.9 Å². The second kappa shape index (κ2) is 6.15. The molecule has 0 aliphatic heterocycles. The van der Waals surface area contributed by atoms with E-state index in [0.717, 1.165) is 17.0 Å². The smallest absolute Gasteiger partial charge is 0.131 e. The van der Waals surface area contributed by atoms with Crippen molar-refractivity contribution in [2.45, 2.75) is 6.42 Å². The first-order chi connectivity index (χ1) is 9.28. The Kier molecular flexibility index (Phi) is 4.30. The van der Waals surface area contributed by atoms with Crippen LogP contribution in [0.2, 0.25) is 0 Å². The first-order valence-electron chi connectivity index (χ1n) is 5.93. The minimum absolute atomic E-state index is 0.0310. The zero-order chi connectivity index (χ0) is 13.7. The monoisotopic (exact) mass is 260 g/mol. The summed E-state index contributed by atoms with van der Waals surface area (Å²) in [4.78, 5) is 8.51. The Morgan fingerprint density at radius 1 is 1.16 bits per heavy atom. The molecular weight excluding hydrogens is 244 g/mol. The van der Waals surface area contributed by atoms with Gasteiger partial charge in [-0.3, -0.25) is 0 Å². The van der Waals surface area contributed by atoms with Gasteiger partial charge in [0.15, 0.2) is 0 Å². The van der Waals surface area contributed by atoms with Gasteiger partial charge < -0.3 is 14.6 Å². The predicted octanol–water partition coefficient (Wildman–Crippen LogP) is 1.70. The molecule has 1 heterocycles. The SMILES string of the molecule is COc1ccc(-c2ccnc(CCO)n2)c(OC)c1. The molecule has 19 heavy (non-hydrogen) atoms. The minimum atomic E-state index is 0.0310. The summed E-state index contributed by atoms with van der Waals surface area (Å²) in [6, 6.07) is 7.36. The molecule has 0 saturated carbocycles. The number of methoxy groups -OCH3 is 2. The van der Waals surface area contributed by atoms with E-state index in [1.807, 2.05) is 24.3 Å². The quantitative estimate of drug-likeness (QED) is 0.886. The van der Waals surface area contributed by atoms with E-state index in [2.05, 4.69) is 9.97 Å². The highest BCUT2D eigenvalue weighted by atomic mass is 16.5. The summed E-state index contributed by atoms with van der Waals surface area (Å²) < 4.78 is 10.5. The number of aliphatic hydroxyl groups excluding tert-OH is 1. The number of hydrogen-bond donors (Lipinski definition) is 1. The molecule has 1 N–H and O–H groups in total. The Labute approximate surface area is 111 Å². The van der Waals surface area contributed by atoms with Gasteiger partial charge in [0.05, 0.1) is 26.5 Å². The van der Waals surface area contributed by atoms with Gasteiger partial charge in [-0.2, -0.15) is 0 Å². The van der Waals surface area contributed by atoms with E-state index in [0.29, 0.717) is 18.0 Å². The van der Waals surface area contributed by atoms with E-state index >= 15 is 0 Å². The van der Waals surface area contributed by atoms with Crippen molar-refractivity contribution >= 4 is 0 Å². The van der Waals surface area contributed by atoms with Crippen LogP contribution in [-0.2, 0) is 6.42 Å². The van der Waals surface area contributed by atoms with Gasteiger partial charge in [-0.25, -0.2) is 9.97 Å². The third kappa shape index (κ3) is 3.00. The van der Waals surface area contributed by atoms with Gasteiger partial charge in [0.25, 0.3) is 0 Å². The number of aliphatic hydroxyl groups is 1. The Morgan fingerprint density at radius 2 is 2.00 bits per heavy atom. The molecule has 0 saturated heterocycles. The van der Waals surface area contributed by atoms with E-state index in [9.17, 15) is 0 Å². The third-order valence-corrected chi connectivity index (χ3v) is 2.73. The van der Waals surface area contributed by atoms with E-state index in [1.54, 1.807) is 20.4 Å². The van der Waals surface area contributed by atoms with Crippen molar-refractivity contribution in [2.75, 3.05) is 20.8 Å². The van der Waals surface area contributed by atoms with Crippen molar-refractivity contribution in [1.82, 2.24) is 9.97 Å². The normalized spacial score (nSPS) is 10.3. The molecule has 100 valence electrons. The molecule has 0 amide bonds. The molecule has 0 spiro atoms. The summed E-state index contributed by atoms with van der Waals surface area (Å²) in [6.45, 7) is 0.0310. The largest absolute Gasteiger partial charge is 0.497 e. The topological polar surface area (TPSA) is 64.5 Å². The molecule has 0 unspecified atom stereocenters. The van der Waals surface area contributed by atoms with Gasteiger partial charge in [0, 0.05) is 24.2 Å². The Bertz CT molecular complexity index is 558. The van der Waals surface area contributed by atoms with Gasteiger partial charge >= 0.3 is 0 Å². The number of nitrogens with zero attached hydrogens (tertiary/aromatic N) is 2. The Morgan fingerprint density at radius 3 is 2.68 bits per heavy atom. The summed E-state index contributed by atoms with van der Waals surface area (Å²) in [5.41, 5.74) is 1.63. The molecule has 1 aromatic carbocycles.